The molecule has 0 aliphatic carbocycles. The Morgan fingerprint density at radius 1 is 1.15 bits per heavy atom. The van der Waals surface area contributed by atoms with E-state index in [1.54, 1.807) is 0 Å². The minimum absolute atomic E-state index is 0. The Kier molecular flexibility index (Phi) is 5.47. The lowest BCUT2D eigenvalue weighted by Gasteiger charge is -2.36. The van der Waals surface area contributed by atoms with Gasteiger partial charge in [-0.15, -0.1) is 12.4 Å². The molecule has 1 saturated heterocycles. The molecule has 0 amide bonds. The van der Waals surface area contributed by atoms with Crippen LogP contribution in [0.1, 0.15) is 17.2 Å². The number of piperazine rings is 1. The molecule has 4 nitrogen and oxygen atoms in total. The molecule has 2 aromatic heterocycles. The average molecular weight is 291 g/mol. The van der Waals surface area contributed by atoms with Crippen molar-refractivity contribution in [3.05, 3.63) is 60.2 Å². The SMILES string of the molecule is Cl.c1cncc(CN2CCNCC2c2ccncc2)c1. The third-order valence-electron chi connectivity index (χ3n) is 3.55. The first-order valence-corrected chi connectivity index (χ1v) is 6.67. The summed E-state index contributed by atoms with van der Waals surface area (Å²) in [6.45, 7) is 4.04. The van der Waals surface area contributed by atoms with E-state index in [1.165, 1.54) is 11.1 Å². The van der Waals surface area contributed by atoms with Crippen LogP contribution in [-0.2, 0) is 6.54 Å². The van der Waals surface area contributed by atoms with Crippen LogP contribution in [0.5, 0.6) is 0 Å². The Bertz CT molecular complexity index is 506. The number of pyridine rings is 2. The fraction of sp³-hybridized carbons (Fsp3) is 0.333. The second kappa shape index (κ2) is 7.33. The normalized spacial score (nSPS) is 19.3. The molecular weight excluding hydrogens is 272 g/mol. The Morgan fingerprint density at radius 2 is 2.00 bits per heavy atom. The van der Waals surface area contributed by atoms with Gasteiger partial charge in [0.05, 0.1) is 0 Å². The van der Waals surface area contributed by atoms with Crippen molar-refractivity contribution in [3.63, 3.8) is 0 Å². The zero-order valence-electron chi connectivity index (χ0n) is 11.3. The predicted molar refractivity (Wildman–Crippen MR) is 81.7 cm³/mol. The number of nitrogens with zero attached hydrogens (tertiary/aromatic N) is 3. The third kappa shape index (κ3) is 3.54. The van der Waals surface area contributed by atoms with Crippen LogP contribution in [0.4, 0.5) is 0 Å². The maximum Gasteiger partial charge on any atom is 0.0477 e. The summed E-state index contributed by atoms with van der Waals surface area (Å²) >= 11 is 0. The summed E-state index contributed by atoms with van der Waals surface area (Å²) in [6.07, 6.45) is 7.51. The van der Waals surface area contributed by atoms with Crippen molar-refractivity contribution in [2.45, 2.75) is 12.6 Å². The fourth-order valence-electron chi connectivity index (χ4n) is 2.58. The lowest BCUT2D eigenvalue weighted by Crippen LogP contribution is -2.45. The summed E-state index contributed by atoms with van der Waals surface area (Å²) < 4.78 is 0. The van der Waals surface area contributed by atoms with Crippen molar-refractivity contribution in [1.82, 2.24) is 20.2 Å². The monoisotopic (exact) mass is 290 g/mol. The summed E-state index contributed by atoms with van der Waals surface area (Å²) in [5, 5.41) is 3.47. The fourth-order valence-corrected chi connectivity index (χ4v) is 2.58. The minimum Gasteiger partial charge on any atom is -0.314 e. The second-order valence-electron chi connectivity index (χ2n) is 4.83. The van der Waals surface area contributed by atoms with Crippen molar-refractivity contribution in [2.24, 2.45) is 0 Å². The van der Waals surface area contributed by atoms with E-state index in [0.717, 1.165) is 26.2 Å². The van der Waals surface area contributed by atoms with Crippen LogP contribution in [0.2, 0.25) is 0 Å². The van der Waals surface area contributed by atoms with Crippen LogP contribution < -0.4 is 5.32 Å². The van der Waals surface area contributed by atoms with Gasteiger partial charge in [0, 0.05) is 57.0 Å². The van der Waals surface area contributed by atoms with Crippen LogP contribution >= 0.6 is 12.4 Å². The third-order valence-corrected chi connectivity index (χ3v) is 3.55. The molecule has 1 N–H and O–H groups in total. The Morgan fingerprint density at radius 3 is 2.75 bits per heavy atom. The van der Waals surface area contributed by atoms with Crippen LogP contribution in [0.25, 0.3) is 0 Å². The molecule has 3 heterocycles. The van der Waals surface area contributed by atoms with Gasteiger partial charge >= 0.3 is 0 Å². The van der Waals surface area contributed by atoms with Gasteiger partial charge in [-0.25, -0.2) is 0 Å². The molecule has 1 atom stereocenters. The lowest BCUT2D eigenvalue weighted by atomic mass is 10.0. The van der Waals surface area contributed by atoms with E-state index in [2.05, 4.69) is 38.4 Å². The van der Waals surface area contributed by atoms with E-state index < -0.39 is 0 Å². The molecule has 3 rings (SSSR count). The molecule has 0 aromatic carbocycles. The van der Waals surface area contributed by atoms with E-state index in [4.69, 9.17) is 0 Å². The molecule has 1 aliphatic rings. The van der Waals surface area contributed by atoms with Crippen molar-refractivity contribution < 1.29 is 0 Å². The van der Waals surface area contributed by atoms with Crippen molar-refractivity contribution in [1.29, 1.82) is 0 Å². The molecule has 2 aromatic rings. The molecule has 1 fully saturated rings. The van der Waals surface area contributed by atoms with E-state index in [-0.39, 0.29) is 12.4 Å². The van der Waals surface area contributed by atoms with Crippen LogP contribution in [0, 0.1) is 0 Å². The van der Waals surface area contributed by atoms with Crippen LogP contribution in [0.15, 0.2) is 49.1 Å². The van der Waals surface area contributed by atoms with Gasteiger partial charge in [0.15, 0.2) is 0 Å². The first kappa shape index (κ1) is 14.9. The van der Waals surface area contributed by atoms with Crippen molar-refractivity contribution in [3.8, 4) is 0 Å². The molecule has 5 heteroatoms. The minimum atomic E-state index is 0. The van der Waals surface area contributed by atoms with Gasteiger partial charge in [0.2, 0.25) is 0 Å². The molecular formula is C15H19ClN4. The van der Waals surface area contributed by atoms with Crippen LogP contribution in [0.3, 0.4) is 0 Å². The number of hydrogen-bond donors (Lipinski definition) is 1. The van der Waals surface area contributed by atoms with Gasteiger partial charge in [0.1, 0.15) is 0 Å². The maximum atomic E-state index is 4.20. The highest BCUT2D eigenvalue weighted by atomic mass is 35.5. The van der Waals surface area contributed by atoms with Gasteiger partial charge in [-0.05, 0) is 29.3 Å². The highest BCUT2D eigenvalue weighted by Gasteiger charge is 2.23. The number of hydrogen-bond acceptors (Lipinski definition) is 4. The second-order valence-corrected chi connectivity index (χ2v) is 4.83. The molecule has 0 bridgehead atoms. The van der Waals surface area contributed by atoms with E-state index in [0.29, 0.717) is 6.04 Å². The highest BCUT2D eigenvalue weighted by Crippen LogP contribution is 2.23. The molecule has 1 unspecified atom stereocenters. The largest absolute Gasteiger partial charge is 0.314 e. The topological polar surface area (TPSA) is 41.1 Å². The summed E-state index contributed by atoms with van der Waals surface area (Å²) in [4.78, 5) is 10.8. The zero-order chi connectivity index (χ0) is 12.9. The van der Waals surface area contributed by atoms with Gasteiger partial charge in [-0.1, -0.05) is 6.07 Å². The zero-order valence-corrected chi connectivity index (χ0v) is 12.1. The number of nitrogens with one attached hydrogen (secondary N) is 1. The molecule has 0 saturated carbocycles. The van der Waals surface area contributed by atoms with Gasteiger partial charge in [-0.2, -0.15) is 0 Å². The van der Waals surface area contributed by atoms with E-state index in [1.807, 2.05) is 30.9 Å². The molecule has 106 valence electrons. The van der Waals surface area contributed by atoms with Gasteiger partial charge in [-0.3, -0.25) is 14.9 Å². The van der Waals surface area contributed by atoms with E-state index in [9.17, 15) is 0 Å². The summed E-state index contributed by atoms with van der Waals surface area (Å²) in [6, 6.07) is 8.76. The first-order chi connectivity index (χ1) is 9.43. The Hall–Kier alpha value is -1.49. The molecule has 1 aliphatic heterocycles. The number of halogens is 1. The summed E-state index contributed by atoms with van der Waals surface area (Å²) in [5.41, 5.74) is 2.59. The van der Waals surface area contributed by atoms with Crippen LogP contribution in [-0.4, -0.2) is 34.5 Å². The molecule has 0 spiro atoms. The number of aromatic nitrogens is 2. The summed E-state index contributed by atoms with van der Waals surface area (Å²) in [7, 11) is 0. The van der Waals surface area contributed by atoms with E-state index >= 15 is 0 Å². The standard InChI is InChI=1S/C15H18N4.ClH/c1-2-13(10-17-5-1)12-19-9-8-18-11-15(19)14-3-6-16-7-4-14;/h1-7,10,15,18H,8-9,11-12H2;1H. The lowest BCUT2D eigenvalue weighted by molar-refractivity contribution is 0.153. The first-order valence-electron chi connectivity index (χ1n) is 6.67. The predicted octanol–water partition coefficient (Wildman–Crippen LogP) is 2.04. The number of rotatable bonds is 3. The van der Waals surface area contributed by atoms with Gasteiger partial charge in [0.25, 0.3) is 0 Å². The molecule has 0 radical (unpaired) electrons. The smallest absolute Gasteiger partial charge is 0.0477 e. The Balaban J connectivity index is 0.00000147. The average Bonchev–Trinajstić information content (AvgIpc) is 2.50. The quantitative estimate of drug-likeness (QED) is 0.939. The van der Waals surface area contributed by atoms with Crippen molar-refractivity contribution in [2.75, 3.05) is 19.6 Å². The van der Waals surface area contributed by atoms with Crippen molar-refractivity contribution >= 4 is 12.4 Å². The highest BCUT2D eigenvalue weighted by molar-refractivity contribution is 5.85. The maximum absolute atomic E-state index is 4.20. The molecule has 20 heavy (non-hydrogen) atoms. The summed E-state index contributed by atoms with van der Waals surface area (Å²) in [5.74, 6) is 0. The Labute approximate surface area is 125 Å². The van der Waals surface area contributed by atoms with Gasteiger partial charge < -0.3 is 5.32 Å².